The fourth-order valence-corrected chi connectivity index (χ4v) is 2.46. The van der Waals surface area contributed by atoms with Crippen molar-refractivity contribution in [3.8, 4) is 0 Å². The minimum absolute atomic E-state index is 0.0787. The van der Waals surface area contributed by atoms with E-state index in [4.69, 9.17) is 9.15 Å². The summed E-state index contributed by atoms with van der Waals surface area (Å²) >= 11 is 0. The molecule has 0 amide bonds. The summed E-state index contributed by atoms with van der Waals surface area (Å²) in [7, 11) is -2.11. The first-order valence-corrected chi connectivity index (χ1v) is 8.01. The molecule has 0 radical (unpaired) electrons. The Morgan fingerprint density at radius 3 is 2.55 bits per heavy atom. The Bertz CT molecular complexity index is 520. The average molecular weight is 304 g/mol. The fourth-order valence-electron chi connectivity index (χ4n) is 1.31. The minimum Gasteiger partial charge on any atom is -0.447 e. The Labute approximate surface area is 120 Å². The zero-order valence-corrected chi connectivity index (χ0v) is 13.5. The summed E-state index contributed by atoms with van der Waals surface area (Å²) in [6.45, 7) is 8.29. The van der Waals surface area contributed by atoms with Crippen LogP contribution >= 0.6 is 0 Å². The first kappa shape index (κ1) is 17.2. The van der Waals surface area contributed by atoms with E-state index in [0.29, 0.717) is 18.3 Å². The third kappa shape index (κ3) is 5.24. The SMILES string of the molecule is COC(C)(C)CNS(=O)(=O)c1ccc(CNC(C)C)o1. The van der Waals surface area contributed by atoms with Crippen molar-refractivity contribution in [1.82, 2.24) is 10.0 Å². The molecule has 2 N–H and O–H groups in total. The van der Waals surface area contributed by atoms with E-state index < -0.39 is 15.6 Å². The van der Waals surface area contributed by atoms with Gasteiger partial charge in [-0.3, -0.25) is 0 Å². The number of nitrogens with one attached hydrogen (secondary N) is 2. The zero-order chi connectivity index (χ0) is 15.4. The summed E-state index contributed by atoms with van der Waals surface area (Å²) in [6.07, 6.45) is 0. The molecular weight excluding hydrogens is 280 g/mol. The van der Waals surface area contributed by atoms with Crippen LogP contribution in [0.4, 0.5) is 0 Å². The van der Waals surface area contributed by atoms with Crippen LogP contribution in [0.1, 0.15) is 33.5 Å². The van der Waals surface area contributed by atoms with Crippen molar-refractivity contribution in [2.75, 3.05) is 13.7 Å². The second-order valence-corrected chi connectivity index (χ2v) is 7.24. The molecule has 20 heavy (non-hydrogen) atoms. The van der Waals surface area contributed by atoms with Crippen molar-refractivity contribution in [3.05, 3.63) is 17.9 Å². The van der Waals surface area contributed by atoms with Gasteiger partial charge in [0, 0.05) is 19.7 Å². The van der Waals surface area contributed by atoms with Gasteiger partial charge in [-0.2, -0.15) is 0 Å². The maximum absolute atomic E-state index is 12.1. The zero-order valence-electron chi connectivity index (χ0n) is 12.7. The van der Waals surface area contributed by atoms with Crippen LogP contribution in [-0.4, -0.2) is 33.7 Å². The molecule has 1 aromatic heterocycles. The summed E-state index contributed by atoms with van der Waals surface area (Å²) in [5, 5.41) is 3.08. The number of sulfonamides is 1. The molecule has 0 spiro atoms. The maximum Gasteiger partial charge on any atom is 0.274 e. The monoisotopic (exact) mass is 304 g/mol. The van der Waals surface area contributed by atoms with E-state index in [1.54, 1.807) is 19.9 Å². The highest BCUT2D eigenvalue weighted by Gasteiger charge is 2.24. The summed E-state index contributed by atoms with van der Waals surface area (Å²) in [4.78, 5) is 0. The van der Waals surface area contributed by atoms with Crippen molar-refractivity contribution in [3.63, 3.8) is 0 Å². The van der Waals surface area contributed by atoms with E-state index in [2.05, 4.69) is 10.0 Å². The molecule has 7 heteroatoms. The van der Waals surface area contributed by atoms with E-state index in [1.807, 2.05) is 13.8 Å². The molecule has 0 atom stereocenters. The number of ether oxygens (including phenoxy) is 1. The van der Waals surface area contributed by atoms with E-state index >= 15 is 0 Å². The summed E-state index contributed by atoms with van der Waals surface area (Å²) in [5.41, 5.74) is -0.568. The molecule has 116 valence electrons. The minimum atomic E-state index is -3.65. The van der Waals surface area contributed by atoms with Gasteiger partial charge in [0.15, 0.2) is 0 Å². The lowest BCUT2D eigenvalue weighted by Crippen LogP contribution is -2.39. The van der Waals surface area contributed by atoms with Gasteiger partial charge in [-0.15, -0.1) is 0 Å². The molecule has 1 heterocycles. The molecule has 0 saturated heterocycles. The number of rotatable bonds is 8. The van der Waals surface area contributed by atoms with E-state index in [0.717, 1.165) is 0 Å². The molecular formula is C13H24N2O4S. The third-order valence-electron chi connectivity index (χ3n) is 2.83. The fraction of sp³-hybridized carbons (Fsp3) is 0.692. The van der Waals surface area contributed by atoms with Crippen LogP contribution in [0.5, 0.6) is 0 Å². The molecule has 0 saturated carbocycles. The molecule has 1 rings (SSSR count). The Hall–Kier alpha value is -0.890. The molecule has 0 unspecified atom stereocenters. The van der Waals surface area contributed by atoms with Crippen LogP contribution in [-0.2, 0) is 21.3 Å². The van der Waals surface area contributed by atoms with Crippen molar-refractivity contribution in [1.29, 1.82) is 0 Å². The summed E-state index contributed by atoms with van der Waals surface area (Å²) in [6, 6.07) is 3.42. The lowest BCUT2D eigenvalue weighted by Gasteiger charge is -2.22. The van der Waals surface area contributed by atoms with E-state index in [1.165, 1.54) is 13.2 Å². The lowest BCUT2D eigenvalue weighted by atomic mass is 10.1. The molecule has 0 aliphatic rings. The topological polar surface area (TPSA) is 80.6 Å². The first-order valence-electron chi connectivity index (χ1n) is 6.53. The molecule has 0 aliphatic heterocycles. The van der Waals surface area contributed by atoms with Gasteiger partial charge in [0.1, 0.15) is 5.76 Å². The van der Waals surface area contributed by atoms with Crippen LogP contribution < -0.4 is 10.0 Å². The Morgan fingerprint density at radius 1 is 1.35 bits per heavy atom. The highest BCUT2D eigenvalue weighted by Crippen LogP contribution is 2.15. The van der Waals surface area contributed by atoms with Crippen LogP contribution in [0.25, 0.3) is 0 Å². The second-order valence-electron chi connectivity index (χ2n) is 5.54. The van der Waals surface area contributed by atoms with Gasteiger partial charge in [0.2, 0.25) is 5.09 Å². The number of hydrogen-bond donors (Lipinski definition) is 2. The average Bonchev–Trinajstić information content (AvgIpc) is 2.84. The Kier molecular flexibility index (Phi) is 5.76. The van der Waals surface area contributed by atoms with Gasteiger partial charge in [-0.05, 0) is 26.0 Å². The molecule has 0 bridgehead atoms. The lowest BCUT2D eigenvalue weighted by molar-refractivity contribution is 0.0275. The number of methoxy groups -OCH3 is 1. The second kappa shape index (κ2) is 6.71. The molecule has 0 aliphatic carbocycles. The van der Waals surface area contributed by atoms with Gasteiger partial charge < -0.3 is 14.5 Å². The van der Waals surface area contributed by atoms with Gasteiger partial charge in [-0.1, -0.05) is 13.8 Å². The first-order chi connectivity index (χ1) is 9.16. The van der Waals surface area contributed by atoms with Crippen LogP contribution in [0.2, 0.25) is 0 Å². The normalized spacial score (nSPS) is 13.1. The third-order valence-corrected chi connectivity index (χ3v) is 4.10. The predicted octanol–water partition coefficient (Wildman–Crippen LogP) is 1.48. The molecule has 0 aromatic carbocycles. The van der Waals surface area contributed by atoms with Crippen molar-refractivity contribution in [2.24, 2.45) is 0 Å². The Balaban J connectivity index is 2.69. The van der Waals surface area contributed by atoms with Gasteiger partial charge >= 0.3 is 0 Å². The van der Waals surface area contributed by atoms with E-state index in [9.17, 15) is 8.42 Å². The van der Waals surface area contributed by atoms with E-state index in [-0.39, 0.29) is 11.6 Å². The van der Waals surface area contributed by atoms with Crippen LogP contribution in [0, 0.1) is 0 Å². The largest absolute Gasteiger partial charge is 0.447 e. The molecule has 6 nitrogen and oxygen atoms in total. The van der Waals surface area contributed by atoms with Crippen molar-refractivity contribution >= 4 is 10.0 Å². The van der Waals surface area contributed by atoms with Gasteiger partial charge in [0.25, 0.3) is 10.0 Å². The smallest absolute Gasteiger partial charge is 0.274 e. The van der Waals surface area contributed by atoms with Crippen LogP contribution in [0.3, 0.4) is 0 Å². The van der Waals surface area contributed by atoms with Gasteiger partial charge in [-0.25, -0.2) is 13.1 Å². The molecule has 0 fully saturated rings. The highest BCUT2D eigenvalue weighted by molar-refractivity contribution is 7.89. The number of furan rings is 1. The van der Waals surface area contributed by atoms with Crippen molar-refractivity contribution < 1.29 is 17.6 Å². The van der Waals surface area contributed by atoms with Crippen LogP contribution in [0.15, 0.2) is 21.6 Å². The Morgan fingerprint density at radius 2 is 2.00 bits per heavy atom. The summed E-state index contributed by atoms with van der Waals surface area (Å²) in [5.74, 6) is 0.588. The standard InChI is InChI=1S/C13H24N2O4S/c1-10(2)14-8-11-6-7-12(19-11)20(16,17)15-9-13(3,4)18-5/h6-7,10,14-15H,8-9H2,1-5H3. The van der Waals surface area contributed by atoms with Gasteiger partial charge in [0.05, 0.1) is 12.1 Å². The maximum atomic E-state index is 12.1. The van der Waals surface area contributed by atoms with Crippen molar-refractivity contribution in [2.45, 2.75) is 51.0 Å². The molecule has 1 aromatic rings. The highest BCUT2D eigenvalue weighted by atomic mass is 32.2. The number of hydrogen-bond acceptors (Lipinski definition) is 5. The quantitative estimate of drug-likeness (QED) is 0.760. The summed E-state index contributed by atoms with van der Waals surface area (Å²) < 4.78 is 37.1. The predicted molar refractivity (Wildman–Crippen MR) is 77.0 cm³/mol.